The minimum atomic E-state index is -0.486. The summed E-state index contributed by atoms with van der Waals surface area (Å²) in [5, 5.41) is 9.19. The molecule has 0 amide bonds. The van der Waals surface area contributed by atoms with Gasteiger partial charge in [0.1, 0.15) is 12.3 Å². The number of halogens is 1. The Hall–Kier alpha value is -2.40. The fourth-order valence-electron chi connectivity index (χ4n) is 2.04. The van der Waals surface area contributed by atoms with Gasteiger partial charge in [-0.05, 0) is 18.2 Å². The summed E-state index contributed by atoms with van der Waals surface area (Å²) in [6, 6.07) is 10.2. The van der Waals surface area contributed by atoms with Crippen molar-refractivity contribution in [1.29, 1.82) is 0 Å². The summed E-state index contributed by atoms with van der Waals surface area (Å²) in [7, 11) is 0. The van der Waals surface area contributed by atoms with Crippen LogP contribution in [0.3, 0.4) is 0 Å². The zero-order valence-electron chi connectivity index (χ0n) is 10.7. The lowest BCUT2D eigenvalue weighted by Gasteiger charge is -2.09. The molecule has 1 N–H and O–H groups in total. The lowest BCUT2D eigenvalue weighted by atomic mass is 10.2. The predicted octanol–water partition coefficient (Wildman–Crippen LogP) is 2.54. The molecule has 0 radical (unpaired) electrons. The van der Waals surface area contributed by atoms with Gasteiger partial charge in [0, 0.05) is 18.0 Å². The summed E-state index contributed by atoms with van der Waals surface area (Å²) in [4.78, 5) is 4.37. The molecule has 0 atom stereocenters. The SMILES string of the molecule is OCc1cccc(F)c1OCc1cn2ccccc2n1. The van der Waals surface area contributed by atoms with Crippen molar-refractivity contribution in [2.45, 2.75) is 13.2 Å². The molecule has 0 saturated carbocycles. The fraction of sp³-hybridized carbons (Fsp3) is 0.133. The van der Waals surface area contributed by atoms with Crippen LogP contribution in [0.1, 0.15) is 11.3 Å². The van der Waals surface area contributed by atoms with E-state index >= 15 is 0 Å². The molecule has 0 unspecified atom stereocenters. The Balaban J connectivity index is 1.82. The Morgan fingerprint density at radius 2 is 2.10 bits per heavy atom. The van der Waals surface area contributed by atoms with Crippen molar-refractivity contribution < 1.29 is 14.2 Å². The first-order valence-corrected chi connectivity index (χ1v) is 6.21. The molecule has 0 aliphatic heterocycles. The van der Waals surface area contributed by atoms with Crippen LogP contribution in [0.15, 0.2) is 48.8 Å². The molecule has 0 spiro atoms. The summed E-state index contributed by atoms with van der Waals surface area (Å²) < 4.78 is 21.0. The minimum absolute atomic E-state index is 0.0760. The van der Waals surface area contributed by atoms with Crippen molar-refractivity contribution in [3.63, 3.8) is 0 Å². The molecule has 102 valence electrons. The number of pyridine rings is 1. The molecule has 3 rings (SSSR count). The first-order chi connectivity index (χ1) is 9.78. The molecule has 2 heterocycles. The normalized spacial score (nSPS) is 10.9. The third-order valence-electron chi connectivity index (χ3n) is 3.00. The third-order valence-corrected chi connectivity index (χ3v) is 3.00. The quantitative estimate of drug-likeness (QED) is 0.794. The lowest BCUT2D eigenvalue weighted by Crippen LogP contribution is -2.01. The maximum atomic E-state index is 13.7. The first-order valence-electron chi connectivity index (χ1n) is 6.21. The lowest BCUT2D eigenvalue weighted by molar-refractivity contribution is 0.250. The van der Waals surface area contributed by atoms with Gasteiger partial charge in [-0.25, -0.2) is 9.37 Å². The topological polar surface area (TPSA) is 46.8 Å². The number of imidazole rings is 1. The van der Waals surface area contributed by atoms with Crippen LogP contribution in [0, 0.1) is 5.82 Å². The molecular weight excluding hydrogens is 259 g/mol. The van der Waals surface area contributed by atoms with E-state index in [1.165, 1.54) is 6.07 Å². The Bertz CT molecular complexity index is 707. The van der Waals surface area contributed by atoms with E-state index in [0.717, 1.165) is 5.65 Å². The van der Waals surface area contributed by atoms with Crippen molar-refractivity contribution in [3.8, 4) is 5.75 Å². The van der Waals surface area contributed by atoms with Crippen LogP contribution in [0.5, 0.6) is 5.75 Å². The van der Waals surface area contributed by atoms with Crippen molar-refractivity contribution in [3.05, 3.63) is 65.9 Å². The van der Waals surface area contributed by atoms with E-state index in [4.69, 9.17) is 4.74 Å². The van der Waals surface area contributed by atoms with Crippen LogP contribution in [0.25, 0.3) is 5.65 Å². The number of aliphatic hydroxyl groups excluding tert-OH is 1. The second-order valence-corrected chi connectivity index (χ2v) is 4.37. The van der Waals surface area contributed by atoms with Gasteiger partial charge in [0.25, 0.3) is 0 Å². The van der Waals surface area contributed by atoms with E-state index in [0.29, 0.717) is 11.3 Å². The number of para-hydroxylation sites is 1. The minimum Gasteiger partial charge on any atom is -0.484 e. The summed E-state index contributed by atoms with van der Waals surface area (Å²) >= 11 is 0. The largest absolute Gasteiger partial charge is 0.484 e. The second kappa shape index (κ2) is 5.30. The highest BCUT2D eigenvalue weighted by atomic mass is 19.1. The Kier molecular flexibility index (Phi) is 3.35. The number of hydrogen-bond acceptors (Lipinski definition) is 3. The van der Waals surface area contributed by atoms with E-state index in [1.54, 1.807) is 12.1 Å². The maximum absolute atomic E-state index is 13.7. The molecule has 3 aromatic rings. The van der Waals surface area contributed by atoms with Gasteiger partial charge in [0.2, 0.25) is 0 Å². The van der Waals surface area contributed by atoms with E-state index < -0.39 is 5.82 Å². The molecule has 0 saturated heterocycles. The van der Waals surface area contributed by atoms with E-state index in [1.807, 2.05) is 35.0 Å². The molecule has 0 aliphatic rings. The van der Waals surface area contributed by atoms with Crippen LogP contribution < -0.4 is 4.74 Å². The average molecular weight is 272 g/mol. The van der Waals surface area contributed by atoms with Crippen molar-refractivity contribution >= 4 is 5.65 Å². The van der Waals surface area contributed by atoms with Crippen molar-refractivity contribution in [2.75, 3.05) is 0 Å². The van der Waals surface area contributed by atoms with Crippen LogP contribution in [0.2, 0.25) is 0 Å². The zero-order chi connectivity index (χ0) is 13.9. The van der Waals surface area contributed by atoms with E-state index in [2.05, 4.69) is 4.98 Å². The van der Waals surface area contributed by atoms with Gasteiger partial charge in [0.05, 0.1) is 12.3 Å². The average Bonchev–Trinajstić information content (AvgIpc) is 2.88. The molecule has 1 aromatic carbocycles. The van der Waals surface area contributed by atoms with Crippen molar-refractivity contribution in [1.82, 2.24) is 9.38 Å². The second-order valence-electron chi connectivity index (χ2n) is 4.37. The summed E-state index contributed by atoms with van der Waals surface area (Å²) in [6.45, 7) is -0.117. The smallest absolute Gasteiger partial charge is 0.165 e. The molecule has 2 aromatic heterocycles. The number of nitrogens with zero attached hydrogens (tertiary/aromatic N) is 2. The number of hydrogen-bond donors (Lipinski definition) is 1. The summed E-state index contributed by atoms with van der Waals surface area (Å²) in [6.07, 6.45) is 3.71. The van der Waals surface area contributed by atoms with Crippen LogP contribution >= 0.6 is 0 Å². The van der Waals surface area contributed by atoms with Gasteiger partial charge < -0.3 is 14.2 Å². The highest BCUT2D eigenvalue weighted by Gasteiger charge is 2.10. The molecule has 0 bridgehead atoms. The van der Waals surface area contributed by atoms with Gasteiger partial charge in [-0.2, -0.15) is 0 Å². The number of ether oxygens (including phenoxy) is 1. The first kappa shape index (κ1) is 12.6. The highest BCUT2D eigenvalue weighted by Crippen LogP contribution is 2.23. The van der Waals surface area contributed by atoms with Crippen molar-refractivity contribution in [2.24, 2.45) is 0 Å². The summed E-state index contributed by atoms with van der Waals surface area (Å²) in [5.41, 5.74) is 1.93. The Morgan fingerprint density at radius 1 is 1.20 bits per heavy atom. The van der Waals surface area contributed by atoms with Gasteiger partial charge in [-0.1, -0.05) is 18.2 Å². The number of benzene rings is 1. The molecular formula is C15H13FN2O2. The maximum Gasteiger partial charge on any atom is 0.165 e. The summed E-state index contributed by atoms with van der Waals surface area (Å²) in [5.74, 6) is -0.410. The monoisotopic (exact) mass is 272 g/mol. The third kappa shape index (κ3) is 2.35. The molecule has 20 heavy (non-hydrogen) atoms. The highest BCUT2D eigenvalue weighted by molar-refractivity contribution is 5.39. The number of rotatable bonds is 4. The Morgan fingerprint density at radius 3 is 2.90 bits per heavy atom. The zero-order valence-corrected chi connectivity index (χ0v) is 10.7. The van der Waals surface area contributed by atoms with Gasteiger partial charge in [-0.15, -0.1) is 0 Å². The van der Waals surface area contributed by atoms with E-state index in [-0.39, 0.29) is 19.0 Å². The molecule has 0 fully saturated rings. The van der Waals surface area contributed by atoms with E-state index in [9.17, 15) is 9.50 Å². The fourth-order valence-corrected chi connectivity index (χ4v) is 2.04. The molecule has 5 heteroatoms. The standard InChI is InChI=1S/C15H13FN2O2/c16-13-5-3-4-11(9-19)15(13)20-10-12-8-18-7-2-1-6-14(18)17-12/h1-8,19H,9-10H2. The predicted molar refractivity (Wildman–Crippen MR) is 71.8 cm³/mol. The molecule has 4 nitrogen and oxygen atoms in total. The van der Waals surface area contributed by atoms with Gasteiger partial charge >= 0.3 is 0 Å². The van der Waals surface area contributed by atoms with Gasteiger partial charge in [0.15, 0.2) is 11.6 Å². The Labute approximate surface area is 115 Å². The number of aliphatic hydroxyl groups is 1. The molecule has 0 aliphatic carbocycles. The van der Waals surface area contributed by atoms with Gasteiger partial charge in [-0.3, -0.25) is 0 Å². The number of aromatic nitrogens is 2. The van der Waals surface area contributed by atoms with Crippen LogP contribution in [0.4, 0.5) is 4.39 Å². The van der Waals surface area contributed by atoms with Crippen LogP contribution in [-0.4, -0.2) is 14.5 Å². The number of fused-ring (bicyclic) bond motifs is 1. The van der Waals surface area contributed by atoms with Crippen LogP contribution in [-0.2, 0) is 13.2 Å².